The number of nitrogens with one attached hydrogen (secondary N) is 1. The molecule has 0 aromatic rings. The predicted octanol–water partition coefficient (Wildman–Crippen LogP) is 2.26. The Kier molecular flexibility index (Phi) is 2.79. The topological polar surface area (TPSA) is 29.1 Å². The second-order valence-corrected chi connectivity index (χ2v) is 4.90. The van der Waals surface area contributed by atoms with Crippen molar-refractivity contribution in [2.45, 2.75) is 46.1 Å². The summed E-state index contributed by atoms with van der Waals surface area (Å²) < 4.78 is 0. The molecule has 0 spiro atoms. The molecule has 2 nitrogen and oxygen atoms in total. The number of carbonyl (C=O) groups excluding carboxylic acids is 1. The average molecular weight is 181 g/mol. The largest absolute Gasteiger partial charge is 0.348 e. The molecule has 0 aromatic heterocycles. The highest BCUT2D eigenvalue weighted by Crippen LogP contribution is 2.35. The van der Waals surface area contributed by atoms with Gasteiger partial charge in [-0.2, -0.15) is 0 Å². The monoisotopic (exact) mass is 181 g/mol. The highest BCUT2D eigenvalue weighted by atomic mass is 16.1. The van der Waals surface area contributed by atoms with Crippen molar-refractivity contribution in [2.24, 2.45) is 5.92 Å². The lowest BCUT2D eigenvalue weighted by atomic mass is 10.1. The fraction of sp³-hybridized carbons (Fsp3) is 0.727. The molecule has 2 heteroatoms. The van der Waals surface area contributed by atoms with Gasteiger partial charge in [-0.1, -0.05) is 5.57 Å². The summed E-state index contributed by atoms with van der Waals surface area (Å²) in [7, 11) is 0. The molecule has 1 saturated carbocycles. The van der Waals surface area contributed by atoms with Crippen molar-refractivity contribution in [3.63, 3.8) is 0 Å². The number of hydrogen-bond acceptors (Lipinski definition) is 1. The Bertz CT molecular complexity index is 231. The van der Waals surface area contributed by atoms with Crippen LogP contribution in [-0.4, -0.2) is 11.4 Å². The molecule has 13 heavy (non-hydrogen) atoms. The van der Waals surface area contributed by atoms with E-state index in [1.807, 2.05) is 27.7 Å². The Morgan fingerprint density at radius 1 is 1.38 bits per heavy atom. The first-order chi connectivity index (χ1) is 5.88. The average Bonchev–Trinajstić information content (AvgIpc) is 2.60. The van der Waals surface area contributed by atoms with E-state index in [4.69, 9.17) is 0 Å². The molecular weight excluding hydrogens is 162 g/mol. The quantitative estimate of drug-likeness (QED) is 0.650. The molecule has 74 valence electrons. The normalized spacial score (nSPS) is 18.6. The summed E-state index contributed by atoms with van der Waals surface area (Å²) in [6.07, 6.45) is 4.25. The van der Waals surface area contributed by atoms with Gasteiger partial charge < -0.3 is 5.32 Å². The highest BCUT2D eigenvalue weighted by Gasteiger charge is 2.23. The summed E-state index contributed by atoms with van der Waals surface area (Å²) in [5, 5.41) is 2.92. The molecule has 1 fully saturated rings. The van der Waals surface area contributed by atoms with Gasteiger partial charge in [-0.25, -0.2) is 0 Å². The van der Waals surface area contributed by atoms with Crippen LogP contribution < -0.4 is 5.32 Å². The van der Waals surface area contributed by atoms with Gasteiger partial charge in [0.25, 0.3) is 0 Å². The van der Waals surface area contributed by atoms with Crippen LogP contribution in [0.5, 0.6) is 0 Å². The fourth-order valence-electron chi connectivity index (χ4n) is 1.27. The van der Waals surface area contributed by atoms with E-state index in [-0.39, 0.29) is 11.4 Å². The maximum Gasteiger partial charge on any atom is 0.244 e. The van der Waals surface area contributed by atoms with Crippen molar-refractivity contribution in [1.29, 1.82) is 0 Å². The molecule has 1 aliphatic carbocycles. The SMILES string of the molecule is C/C(=C\C(=O)NC(C)(C)C)C1CC1. The lowest BCUT2D eigenvalue weighted by Gasteiger charge is -2.19. The molecule has 1 amide bonds. The van der Waals surface area contributed by atoms with Crippen molar-refractivity contribution in [2.75, 3.05) is 0 Å². The zero-order valence-corrected chi connectivity index (χ0v) is 8.98. The molecule has 0 aromatic carbocycles. The van der Waals surface area contributed by atoms with Crippen LogP contribution in [0.1, 0.15) is 40.5 Å². The smallest absolute Gasteiger partial charge is 0.244 e. The van der Waals surface area contributed by atoms with E-state index in [0.29, 0.717) is 5.92 Å². The van der Waals surface area contributed by atoms with Crippen LogP contribution in [0.3, 0.4) is 0 Å². The van der Waals surface area contributed by atoms with E-state index in [1.165, 1.54) is 18.4 Å². The molecular formula is C11H19NO. The lowest BCUT2D eigenvalue weighted by molar-refractivity contribution is -0.117. The standard InChI is InChI=1S/C11H19NO/c1-8(9-5-6-9)7-10(13)12-11(2,3)4/h7,9H,5-6H2,1-4H3,(H,12,13)/b8-7+. The molecule has 1 aliphatic rings. The minimum atomic E-state index is -0.128. The van der Waals surface area contributed by atoms with Gasteiger partial charge in [-0.05, 0) is 46.5 Å². The van der Waals surface area contributed by atoms with E-state index in [1.54, 1.807) is 6.08 Å². The second kappa shape index (κ2) is 3.52. The molecule has 0 aliphatic heterocycles. The molecule has 0 heterocycles. The number of rotatable bonds is 2. The third-order valence-electron chi connectivity index (χ3n) is 2.08. The van der Waals surface area contributed by atoms with Crippen LogP contribution in [0.4, 0.5) is 0 Å². The van der Waals surface area contributed by atoms with Crippen LogP contribution in [0.25, 0.3) is 0 Å². The first-order valence-corrected chi connectivity index (χ1v) is 4.89. The van der Waals surface area contributed by atoms with Gasteiger partial charge in [0.1, 0.15) is 0 Å². The number of carbonyl (C=O) groups is 1. The number of amides is 1. The highest BCUT2D eigenvalue weighted by molar-refractivity contribution is 5.88. The van der Waals surface area contributed by atoms with Crippen molar-refractivity contribution >= 4 is 5.91 Å². The fourth-order valence-corrected chi connectivity index (χ4v) is 1.27. The Morgan fingerprint density at radius 3 is 2.31 bits per heavy atom. The van der Waals surface area contributed by atoms with Crippen LogP contribution in [0.2, 0.25) is 0 Å². The Morgan fingerprint density at radius 2 is 1.92 bits per heavy atom. The van der Waals surface area contributed by atoms with Crippen molar-refractivity contribution in [3.8, 4) is 0 Å². The first-order valence-electron chi connectivity index (χ1n) is 4.89. The first kappa shape index (κ1) is 10.3. The van der Waals surface area contributed by atoms with Crippen LogP contribution in [0, 0.1) is 5.92 Å². The van der Waals surface area contributed by atoms with Gasteiger partial charge in [0.2, 0.25) is 5.91 Å². The van der Waals surface area contributed by atoms with Gasteiger partial charge in [0.15, 0.2) is 0 Å². The second-order valence-electron chi connectivity index (χ2n) is 4.90. The maximum absolute atomic E-state index is 11.4. The molecule has 0 atom stereocenters. The summed E-state index contributed by atoms with van der Waals surface area (Å²) in [5.74, 6) is 0.725. The van der Waals surface area contributed by atoms with E-state index in [2.05, 4.69) is 5.32 Å². The van der Waals surface area contributed by atoms with Gasteiger partial charge in [-0.3, -0.25) is 4.79 Å². The van der Waals surface area contributed by atoms with Crippen LogP contribution in [-0.2, 0) is 4.79 Å². The third kappa shape index (κ3) is 4.11. The molecule has 0 saturated heterocycles. The summed E-state index contributed by atoms with van der Waals surface area (Å²) in [6, 6.07) is 0. The minimum absolute atomic E-state index is 0.0388. The Hall–Kier alpha value is -0.790. The van der Waals surface area contributed by atoms with Crippen molar-refractivity contribution in [3.05, 3.63) is 11.6 Å². The Balaban J connectivity index is 2.44. The molecule has 0 bridgehead atoms. The van der Waals surface area contributed by atoms with Crippen molar-refractivity contribution in [1.82, 2.24) is 5.32 Å². The van der Waals surface area contributed by atoms with Crippen LogP contribution in [0.15, 0.2) is 11.6 Å². The van der Waals surface area contributed by atoms with Gasteiger partial charge in [0, 0.05) is 11.6 Å². The third-order valence-corrected chi connectivity index (χ3v) is 2.08. The summed E-state index contributed by atoms with van der Waals surface area (Å²) in [5.41, 5.74) is 1.10. The molecule has 0 radical (unpaired) electrons. The zero-order valence-electron chi connectivity index (χ0n) is 8.98. The number of hydrogen-bond donors (Lipinski definition) is 1. The van der Waals surface area contributed by atoms with E-state index in [0.717, 1.165) is 0 Å². The lowest BCUT2D eigenvalue weighted by Crippen LogP contribution is -2.39. The minimum Gasteiger partial charge on any atom is -0.348 e. The number of allylic oxidation sites excluding steroid dienone is 1. The summed E-state index contributed by atoms with van der Waals surface area (Å²) in [6.45, 7) is 8.02. The van der Waals surface area contributed by atoms with E-state index < -0.39 is 0 Å². The van der Waals surface area contributed by atoms with E-state index >= 15 is 0 Å². The summed E-state index contributed by atoms with van der Waals surface area (Å²) >= 11 is 0. The van der Waals surface area contributed by atoms with Crippen LogP contribution >= 0.6 is 0 Å². The maximum atomic E-state index is 11.4. The van der Waals surface area contributed by atoms with Crippen molar-refractivity contribution < 1.29 is 4.79 Å². The predicted molar refractivity (Wildman–Crippen MR) is 54.4 cm³/mol. The molecule has 0 unspecified atom stereocenters. The zero-order chi connectivity index (χ0) is 10.1. The van der Waals surface area contributed by atoms with Gasteiger partial charge in [0.05, 0.1) is 0 Å². The Labute approximate surface area is 80.4 Å². The molecule has 1 N–H and O–H groups in total. The van der Waals surface area contributed by atoms with Gasteiger partial charge >= 0.3 is 0 Å². The van der Waals surface area contributed by atoms with Gasteiger partial charge in [-0.15, -0.1) is 0 Å². The molecule has 1 rings (SSSR count). The summed E-state index contributed by atoms with van der Waals surface area (Å²) in [4.78, 5) is 11.4. The van der Waals surface area contributed by atoms with E-state index in [9.17, 15) is 4.79 Å².